The molecular weight excluding hydrogens is 295 g/mol. The molecular formula is C13H11ClF3NO2. The van der Waals surface area contributed by atoms with E-state index in [1.807, 2.05) is 0 Å². The minimum absolute atomic E-state index is 0.136. The van der Waals surface area contributed by atoms with Gasteiger partial charge in [0.15, 0.2) is 0 Å². The lowest BCUT2D eigenvalue weighted by Crippen LogP contribution is -2.21. The molecule has 0 aliphatic carbocycles. The Hall–Kier alpha value is -1.71. The maximum Gasteiger partial charge on any atom is 0.397 e. The third kappa shape index (κ3) is 5.95. The Labute approximate surface area is 118 Å². The summed E-state index contributed by atoms with van der Waals surface area (Å²) >= 11 is 5.76. The number of rotatable bonds is 3. The lowest BCUT2D eigenvalue weighted by atomic mass is 10.1. The van der Waals surface area contributed by atoms with Gasteiger partial charge < -0.3 is 10.4 Å². The van der Waals surface area contributed by atoms with E-state index >= 15 is 0 Å². The van der Waals surface area contributed by atoms with Gasteiger partial charge in [-0.3, -0.25) is 4.79 Å². The molecule has 1 aromatic rings. The Morgan fingerprint density at radius 1 is 1.40 bits per heavy atom. The molecule has 0 atom stereocenters. The largest absolute Gasteiger partial charge is 0.397 e. The van der Waals surface area contributed by atoms with Crippen molar-refractivity contribution in [1.29, 1.82) is 0 Å². The van der Waals surface area contributed by atoms with E-state index in [0.717, 1.165) is 0 Å². The first-order chi connectivity index (χ1) is 9.31. The number of benzene rings is 1. The van der Waals surface area contributed by atoms with Crippen molar-refractivity contribution in [3.63, 3.8) is 0 Å². The average molecular weight is 306 g/mol. The first-order valence-electron chi connectivity index (χ1n) is 5.57. The van der Waals surface area contributed by atoms with Gasteiger partial charge in [-0.25, -0.2) is 0 Å². The summed E-state index contributed by atoms with van der Waals surface area (Å²) in [5.41, 5.74) is 0.440. The van der Waals surface area contributed by atoms with Gasteiger partial charge in [0.2, 0.25) is 5.91 Å². The van der Waals surface area contributed by atoms with Crippen LogP contribution in [0.25, 0.3) is 0 Å². The van der Waals surface area contributed by atoms with Crippen molar-refractivity contribution in [2.75, 3.05) is 11.9 Å². The molecule has 0 fully saturated rings. The molecule has 1 amide bonds. The Bertz CT molecular complexity index is 547. The number of anilines is 1. The first kappa shape index (κ1) is 16.3. The standard InChI is InChI=1S/C13H11ClF3NO2/c14-10-4-5-11(9(7-10)3-1-2-6-19)18-12(20)8-13(15,16)17/h4-5,7,19H,2,6,8H2,(H,18,20). The number of halogens is 4. The van der Waals surface area contributed by atoms with Crippen molar-refractivity contribution in [2.45, 2.75) is 19.0 Å². The predicted molar refractivity (Wildman–Crippen MR) is 69.3 cm³/mol. The molecule has 1 aromatic carbocycles. The maximum absolute atomic E-state index is 12.1. The number of hydrogen-bond acceptors (Lipinski definition) is 2. The van der Waals surface area contributed by atoms with Gasteiger partial charge >= 0.3 is 6.18 Å². The van der Waals surface area contributed by atoms with Crippen molar-refractivity contribution in [2.24, 2.45) is 0 Å². The molecule has 7 heteroatoms. The van der Waals surface area contributed by atoms with Crippen LogP contribution in [0.15, 0.2) is 18.2 Å². The van der Waals surface area contributed by atoms with Crippen LogP contribution in [0, 0.1) is 11.8 Å². The predicted octanol–water partition coefficient (Wildman–Crippen LogP) is 2.96. The summed E-state index contributed by atoms with van der Waals surface area (Å²) in [6.45, 7) is -0.136. The lowest BCUT2D eigenvalue weighted by Gasteiger charge is -2.09. The van der Waals surface area contributed by atoms with E-state index in [0.29, 0.717) is 10.6 Å². The summed E-state index contributed by atoms with van der Waals surface area (Å²) in [7, 11) is 0. The SMILES string of the molecule is O=C(CC(F)(F)F)Nc1ccc(Cl)cc1C#CCCO. The lowest BCUT2D eigenvalue weighted by molar-refractivity contribution is -0.150. The van der Waals surface area contributed by atoms with Gasteiger partial charge in [0, 0.05) is 17.0 Å². The van der Waals surface area contributed by atoms with Crippen molar-refractivity contribution in [1.82, 2.24) is 0 Å². The van der Waals surface area contributed by atoms with E-state index in [9.17, 15) is 18.0 Å². The minimum atomic E-state index is -4.57. The van der Waals surface area contributed by atoms with Crippen molar-refractivity contribution < 1.29 is 23.1 Å². The molecule has 0 heterocycles. The number of carbonyl (C=O) groups excluding carboxylic acids is 1. The Balaban J connectivity index is 2.90. The van der Waals surface area contributed by atoms with Gasteiger partial charge in [-0.2, -0.15) is 13.2 Å². The van der Waals surface area contributed by atoms with Gasteiger partial charge in [-0.1, -0.05) is 23.4 Å². The van der Waals surface area contributed by atoms with E-state index in [1.54, 1.807) is 0 Å². The zero-order valence-electron chi connectivity index (χ0n) is 10.2. The molecule has 108 valence electrons. The second kappa shape index (κ2) is 7.17. The van der Waals surface area contributed by atoms with E-state index in [1.165, 1.54) is 18.2 Å². The number of alkyl halides is 3. The fourth-order valence-corrected chi connectivity index (χ4v) is 1.49. The summed E-state index contributed by atoms with van der Waals surface area (Å²) < 4.78 is 36.3. The normalized spacial score (nSPS) is 10.7. The third-order valence-electron chi connectivity index (χ3n) is 2.08. The Morgan fingerprint density at radius 3 is 2.70 bits per heavy atom. The van der Waals surface area contributed by atoms with E-state index in [4.69, 9.17) is 16.7 Å². The van der Waals surface area contributed by atoms with Crippen molar-refractivity contribution >= 4 is 23.2 Å². The molecule has 0 spiro atoms. The minimum Gasteiger partial charge on any atom is -0.395 e. The molecule has 3 nitrogen and oxygen atoms in total. The highest BCUT2D eigenvalue weighted by Crippen LogP contribution is 2.23. The quantitative estimate of drug-likeness (QED) is 0.844. The van der Waals surface area contributed by atoms with Gasteiger partial charge in [-0.05, 0) is 18.2 Å². The highest BCUT2D eigenvalue weighted by molar-refractivity contribution is 6.30. The number of nitrogens with one attached hydrogen (secondary N) is 1. The summed E-state index contributed by atoms with van der Waals surface area (Å²) in [5, 5.41) is 11.1. The van der Waals surface area contributed by atoms with Crippen LogP contribution in [-0.2, 0) is 4.79 Å². The Kier molecular flexibility index (Phi) is 5.86. The van der Waals surface area contributed by atoms with Crippen LogP contribution in [0.5, 0.6) is 0 Å². The van der Waals surface area contributed by atoms with E-state index < -0.39 is 18.5 Å². The van der Waals surface area contributed by atoms with Crippen LogP contribution in [0.4, 0.5) is 18.9 Å². The van der Waals surface area contributed by atoms with Crippen LogP contribution in [0.2, 0.25) is 5.02 Å². The second-order valence-electron chi connectivity index (χ2n) is 3.81. The monoisotopic (exact) mass is 305 g/mol. The molecule has 0 unspecified atom stereocenters. The zero-order chi connectivity index (χ0) is 15.2. The number of aliphatic hydroxyl groups is 1. The molecule has 1 rings (SSSR count). The van der Waals surface area contributed by atoms with Gasteiger partial charge in [0.25, 0.3) is 0 Å². The van der Waals surface area contributed by atoms with Crippen LogP contribution < -0.4 is 5.32 Å². The molecule has 0 saturated heterocycles. The summed E-state index contributed by atoms with van der Waals surface area (Å²) in [5.74, 6) is 4.07. The number of carbonyl (C=O) groups is 1. The molecule has 0 aliphatic heterocycles. The molecule has 2 N–H and O–H groups in total. The van der Waals surface area contributed by atoms with Crippen LogP contribution in [0.1, 0.15) is 18.4 Å². The maximum atomic E-state index is 12.1. The molecule has 20 heavy (non-hydrogen) atoms. The van der Waals surface area contributed by atoms with Crippen molar-refractivity contribution in [3.05, 3.63) is 28.8 Å². The van der Waals surface area contributed by atoms with Crippen molar-refractivity contribution in [3.8, 4) is 11.8 Å². The van der Waals surface area contributed by atoms with E-state index in [2.05, 4.69) is 17.2 Å². The van der Waals surface area contributed by atoms with Gasteiger partial charge in [0.05, 0.1) is 12.3 Å². The fourth-order valence-electron chi connectivity index (χ4n) is 1.32. The summed E-state index contributed by atoms with van der Waals surface area (Å²) in [4.78, 5) is 11.2. The topological polar surface area (TPSA) is 49.3 Å². The molecule has 0 saturated carbocycles. The van der Waals surface area contributed by atoms with Gasteiger partial charge in [0.1, 0.15) is 6.42 Å². The summed E-state index contributed by atoms with van der Waals surface area (Å²) in [6.07, 6.45) is -5.93. The van der Waals surface area contributed by atoms with E-state index in [-0.39, 0.29) is 18.7 Å². The number of amides is 1. The molecule has 0 aromatic heterocycles. The fraction of sp³-hybridized carbons (Fsp3) is 0.308. The molecule has 0 bridgehead atoms. The average Bonchev–Trinajstić information content (AvgIpc) is 2.30. The van der Waals surface area contributed by atoms with Gasteiger partial charge in [-0.15, -0.1) is 0 Å². The zero-order valence-corrected chi connectivity index (χ0v) is 11.0. The summed E-state index contributed by atoms with van der Waals surface area (Å²) in [6, 6.07) is 4.23. The Morgan fingerprint density at radius 2 is 2.10 bits per heavy atom. The molecule has 0 aliphatic rings. The van der Waals surface area contributed by atoms with Crippen LogP contribution in [0.3, 0.4) is 0 Å². The second-order valence-corrected chi connectivity index (χ2v) is 4.24. The smallest absolute Gasteiger partial charge is 0.395 e. The third-order valence-corrected chi connectivity index (χ3v) is 2.31. The molecule has 0 radical (unpaired) electrons. The first-order valence-corrected chi connectivity index (χ1v) is 5.95. The van der Waals surface area contributed by atoms with Crippen LogP contribution >= 0.6 is 11.6 Å². The van der Waals surface area contributed by atoms with Crippen LogP contribution in [-0.4, -0.2) is 23.8 Å². The number of aliphatic hydroxyl groups excluding tert-OH is 1. The highest BCUT2D eigenvalue weighted by atomic mass is 35.5. The number of hydrogen-bond donors (Lipinski definition) is 2. The highest BCUT2D eigenvalue weighted by Gasteiger charge is 2.31.